The van der Waals surface area contributed by atoms with Crippen molar-refractivity contribution in [2.45, 2.75) is 11.3 Å². The molecule has 0 aliphatic rings. The Morgan fingerprint density at radius 1 is 1.04 bits per heavy atom. The lowest BCUT2D eigenvalue weighted by atomic mass is 10.1. The van der Waals surface area contributed by atoms with Crippen LogP contribution in [0.1, 0.15) is 12.1 Å². The molecule has 9 heteroatoms. The molecule has 0 spiro atoms. The molecule has 0 N–H and O–H groups in total. The summed E-state index contributed by atoms with van der Waals surface area (Å²) in [6.45, 7) is 0. The molecule has 0 aliphatic carbocycles. The van der Waals surface area contributed by atoms with Crippen molar-refractivity contribution in [1.29, 1.82) is 0 Å². The van der Waals surface area contributed by atoms with Gasteiger partial charge in [-0.15, -0.1) is 0 Å². The molecule has 2 aromatic carbocycles. The molecule has 0 unspecified atom stereocenters. The second-order valence-electron chi connectivity index (χ2n) is 5.56. The van der Waals surface area contributed by atoms with Crippen LogP contribution in [0.4, 0.5) is 17.6 Å². The van der Waals surface area contributed by atoms with Crippen LogP contribution in [-0.4, -0.2) is 24.5 Å². The average Bonchev–Trinajstić information content (AvgIpc) is 2.99. The van der Waals surface area contributed by atoms with Crippen molar-refractivity contribution in [3.05, 3.63) is 65.9 Å². The third-order valence-electron chi connectivity index (χ3n) is 3.63. The minimum atomic E-state index is -3.78. The summed E-state index contributed by atoms with van der Waals surface area (Å²) in [5, 5.41) is 3.75. The summed E-state index contributed by atoms with van der Waals surface area (Å²) in [5.74, 6) is -1.61. The summed E-state index contributed by atoms with van der Waals surface area (Å²) in [4.78, 5) is -0.519. The van der Waals surface area contributed by atoms with Gasteiger partial charge in [0, 0.05) is 17.9 Å². The summed E-state index contributed by atoms with van der Waals surface area (Å²) in [6.07, 6.45) is -2.03. The van der Waals surface area contributed by atoms with Crippen molar-refractivity contribution >= 4 is 9.84 Å². The van der Waals surface area contributed by atoms with Crippen LogP contribution in [0, 0.1) is 11.6 Å². The maximum absolute atomic E-state index is 14.2. The number of benzene rings is 2. The van der Waals surface area contributed by atoms with Gasteiger partial charge in [0.05, 0.1) is 11.4 Å². The number of halogens is 4. The molecular formula is C17H12F4N2O2S. The van der Waals surface area contributed by atoms with Crippen LogP contribution in [0.5, 0.6) is 0 Å². The summed E-state index contributed by atoms with van der Waals surface area (Å²) in [5.41, 5.74) is -0.166. The highest BCUT2D eigenvalue weighted by Crippen LogP contribution is 2.29. The molecule has 26 heavy (non-hydrogen) atoms. The van der Waals surface area contributed by atoms with Crippen LogP contribution in [-0.2, 0) is 9.84 Å². The van der Waals surface area contributed by atoms with E-state index in [0.717, 1.165) is 35.2 Å². The first-order chi connectivity index (χ1) is 12.2. The van der Waals surface area contributed by atoms with E-state index >= 15 is 0 Å². The monoisotopic (exact) mass is 384 g/mol. The zero-order valence-electron chi connectivity index (χ0n) is 13.3. The van der Waals surface area contributed by atoms with E-state index in [-0.39, 0.29) is 16.9 Å². The summed E-state index contributed by atoms with van der Waals surface area (Å²) >= 11 is 0. The van der Waals surface area contributed by atoms with E-state index in [2.05, 4.69) is 5.10 Å². The highest BCUT2D eigenvalue weighted by molar-refractivity contribution is 7.90. The lowest BCUT2D eigenvalue weighted by molar-refractivity contribution is 0.145. The van der Waals surface area contributed by atoms with E-state index in [0.29, 0.717) is 0 Å². The van der Waals surface area contributed by atoms with Crippen LogP contribution >= 0.6 is 0 Å². The van der Waals surface area contributed by atoms with E-state index in [1.165, 1.54) is 24.3 Å². The zero-order chi connectivity index (χ0) is 19.1. The Bertz CT molecular complexity index is 1080. The van der Waals surface area contributed by atoms with E-state index in [1.54, 1.807) is 0 Å². The van der Waals surface area contributed by atoms with E-state index < -0.39 is 38.5 Å². The molecule has 0 saturated heterocycles. The van der Waals surface area contributed by atoms with Gasteiger partial charge in [-0.2, -0.15) is 5.10 Å². The molecule has 0 radical (unpaired) electrons. The fourth-order valence-corrected chi connectivity index (χ4v) is 3.21. The highest BCUT2D eigenvalue weighted by atomic mass is 32.2. The molecule has 3 rings (SSSR count). The smallest absolute Gasteiger partial charge is 0.233 e. The highest BCUT2D eigenvalue weighted by Gasteiger charge is 2.20. The zero-order valence-corrected chi connectivity index (χ0v) is 14.1. The number of nitrogens with zero attached hydrogens (tertiary/aromatic N) is 2. The van der Waals surface area contributed by atoms with Crippen LogP contribution in [0.25, 0.3) is 16.9 Å². The van der Waals surface area contributed by atoms with Gasteiger partial charge in [0.15, 0.2) is 9.84 Å². The fourth-order valence-electron chi connectivity index (χ4n) is 2.48. The van der Waals surface area contributed by atoms with Gasteiger partial charge in [0.25, 0.3) is 6.43 Å². The molecule has 3 aromatic rings. The van der Waals surface area contributed by atoms with E-state index in [1.807, 2.05) is 0 Å². The number of sulfone groups is 1. The molecule has 0 saturated carbocycles. The minimum absolute atomic E-state index is 0.0288. The SMILES string of the molecule is CS(=O)(=O)c1ccc(-n2nc(C(F)F)cc2-c2cccc(F)c2)cc1F. The summed E-state index contributed by atoms with van der Waals surface area (Å²) in [7, 11) is -3.78. The Labute approximate surface area is 146 Å². The van der Waals surface area contributed by atoms with Gasteiger partial charge in [0.1, 0.15) is 22.2 Å². The van der Waals surface area contributed by atoms with Crippen molar-refractivity contribution in [3.8, 4) is 16.9 Å². The maximum atomic E-state index is 14.2. The van der Waals surface area contributed by atoms with Gasteiger partial charge in [-0.05, 0) is 30.3 Å². The standard InChI is InChI=1S/C17H12F4N2O2S/c1-26(24,25)16-6-5-12(8-13(16)19)23-15(9-14(22-23)17(20)21)10-3-2-4-11(18)7-10/h2-9,17H,1H3. The molecule has 0 atom stereocenters. The lowest BCUT2D eigenvalue weighted by Gasteiger charge is -2.09. The summed E-state index contributed by atoms with van der Waals surface area (Å²) in [6, 6.07) is 9.43. The third-order valence-corrected chi connectivity index (χ3v) is 4.76. The molecule has 1 aromatic heterocycles. The normalized spacial score (nSPS) is 11.9. The number of hydrogen-bond donors (Lipinski definition) is 0. The number of alkyl halides is 2. The van der Waals surface area contributed by atoms with E-state index in [4.69, 9.17) is 0 Å². The Morgan fingerprint density at radius 2 is 1.77 bits per heavy atom. The van der Waals surface area contributed by atoms with Crippen LogP contribution in [0.2, 0.25) is 0 Å². The quantitative estimate of drug-likeness (QED) is 0.635. The van der Waals surface area contributed by atoms with Gasteiger partial charge >= 0.3 is 0 Å². The summed E-state index contributed by atoms with van der Waals surface area (Å²) < 4.78 is 77.9. The Morgan fingerprint density at radius 3 is 2.35 bits per heavy atom. The molecule has 136 valence electrons. The molecule has 0 amide bonds. The van der Waals surface area contributed by atoms with Crippen LogP contribution in [0.15, 0.2) is 53.4 Å². The Hall–Kier alpha value is -2.68. The van der Waals surface area contributed by atoms with Crippen molar-refractivity contribution in [3.63, 3.8) is 0 Å². The molecule has 0 bridgehead atoms. The van der Waals surface area contributed by atoms with Gasteiger partial charge in [-0.1, -0.05) is 12.1 Å². The van der Waals surface area contributed by atoms with Gasteiger partial charge < -0.3 is 0 Å². The van der Waals surface area contributed by atoms with Gasteiger partial charge in [-0.3, -0.25) is 0 Å². The first-order valence-electron chi connectivity index (χ1n) is 7.31. The van der Waals surface area contributed by atoms with Crippen molar-refractivity contribution in [1.82, 2.24) is 9.78 Å². The maximum Gasteiger partial charge on any atom is 0.282 e. The van der Waals surface area contributed by atoms with E-state index in [9.17, 15) is 26.0 Å². The largest absolute Gasteiger partial charge is 0.282 e. The predicted octanol–water partition coefficient (Wildman–Crippen LogP) is 4.16. The number of hydrogen-bond acceptors (Lipinski definition) is 3. The molecule has 0 fully saturated rings. The topological polar surface area (TPSA) is 52.0 Å². The minimum Gasteiger partial charge on any atom is -0.233 e. The van der Waals surface area contributed by atoms with Crippen LogP contribution < -0.4 is 0 Å². The van der Waals surface area contributed by atoms with Gasteiger partial charge in [-0.25, -0.2) is 30.7 Å². The molecular weight excluding hydrogens is 372 g/mol. The first kappa shape index (κ1) is 18.1. The molecule has 1 heterocycles. The fraction of sp³-hybridized carbons (Fsp3) is 0.118. The predicted molar refractivity (Wildman–Crippen MR) is 87.0 cm³/mol. The Kier molecular flexibility index (Phi) is 4.57. The third kappa shape index (κ3) is 3.48. The first-order valence-corrected chi connectivity index (χ1v) is 9.20. The number of aromatic nitrogens is 2. The lowest BCUT2D eigenvalue weighted by Crippen LogP contribution is -2.05. The molecule has 0 aliphatic heterocycles. The Balaban J connectivity index is 2.20. The van der Waals surface area contributed by atoms with Crippen molar-refractivity contribution in [2.75, 3.05) is 6.26 Å². The second kappa shape index (κ2) is 6.56. The second-order valence-corrected chi connectivity index (χ2v) is 7.55. The van der Waals surface area contributed by atoms with Crippen molar-refractivity contribution in [2.24, 2.45) is 0 Å². The van der Waals surface area contributed by atoms with Gasteiger partial charge in [0.2, 0.25) is 0 Å². The number of rotatable bonds is 4. The average molecular weight is 384 g/mol. The molecule has 4 nitrogen and oxygen atoms in total. The van der Waals surface area contributed by atoms with Crippen molar-refractivity contribution < 1.29 is 26.0 Å². The van der Waals surface area contributed by atoms with Crippen LogP contribution in [0.3, 0.4) is 0 Å².